The molecule has 2 aromatic carbocycles. The summed E-state index contributed by atoms with van der Waals surface area (Å²) in [6, 6.07) is 16.7. The molecule has 1 aliphatic rings. The van der Waals surface area contributed by atoms with Gasteiger partial charge in [-0.2, -0.15) is 0 Å². The van der Waals surface area contributed by atoms with E-state index in [0.29, 0.717) is 6.61 Å². The lowest BCUT2D eigenvalue weighted by molar-refractivity contribution is 0.307. The summed E-state index contributed by atoms with van der Waals surface area (Å²) in [5.74, 6) is 1.02. The fourth-order valence-electron chi connectivity index (χ4n) is 2.02. The molecule has 0 saturated heterocycles. The van der Waals surface area contributed by atoms with Crippen molar-refractivity contribution in [3.05, 3.63) is 65.2 Å². The van der Waals surface area contributed by atoms with Gasteiger partial charge in [0.05, 0.1) is 0 Å². The van der Waals surface area contributed by atoms with Crippen molar-refractivity contribution in [1.82, 2.24) is 0 Å². The van der Waals surface area contributed by atoms with Gasteiger partial charge in [-0.05, 0) is 22.8 Å². The van der Waals surface area contributed by atoms with E-state index in [0.717, 1.165) is 12.2 Å². The summed E-state index contributed by atoms with van der Waals surface area (Å²) in [5.41, 5.74) is 3.96. The SMILES string of the molecule is CC.c1ccc2c(c1)COc1ccccc1C2. The molecule has 1 heteroatoms. The van der Waals surface area contributed by atoms with Crippen molar-refractivity contribution < 1.29 is 4.74 Å². The Morgan fingerprint density at radius 2 is 1.35 bits per heavy atom. The Hall–Kier alpha value is -1.76. The van der Waals surface area contributed by atoms with E-state index < -0.39 is 0 Å². The lowest BCUT2D eigenvalue weighted by Gasteiger charge is -2.05. The zero-order valence-electron chi connectivity index (χ0n) is 10.4. The molecule has 2 aromatic rings. The van der Waals surface area contributed by atoms with Gasteiger partial charge in [0.15, 0.2) is 0 Å². The minimum absolute atomic E-state index is 0.688. The summed E-state index contributed by atoms with van der Waals surface area (Å²) in [6.07, 6.45) is 0.979. The van der Waals surface area contributed by atoms with Crippen LogP contribution in [-0.2, 0) is 13.0 Å². The first-order valence-electron chi connectivity index (χ1n) is 6.21. The van der Waals surface area contributed by atoms with Crippen molar-refractivity contribution in [3.8, 4) is 5.75 Å². The molecule has 0 atom stereocenters. The fourth-order valence-corrected chi connectivity index (χ4v) is 2.02. The number of benzene rings is 2. The van der Waals surface area contributed by atoms with Crippen LogP contribution in [0.25, 0.3) is 0 Å². The third kappa shape index (κ3) is 2.50. The lowest BCUT2D eigenvalue weighted by Crippen LogP contribution is -1.94. The predicted molar refractivity (Wildman–Crippen MR) is 71.4 cm³/mol. The molecule has 3 rings (SSSR count). The van der Waals surface area contributed by atoms with Crippen LogP contribution in [0.15, 0.2) is 48.5 Å². The predicted octanol–water partition coefficient (Wildman–Crippen LogP) is 4.20. The van der Waals surface area contributed by atoms with Crippen LogP contribution >= 0.6 is 0 Å². The molecule has 1 nitrogen and oxygen atoms in total. The monoisotopic (exact) mass is 226 g/mol. The van der Waals surface area contributed by atoms with Crippen LogP contribution in [0.5, 0.6) is 5.75 Å². The maximum Gasteiger partial charge on any atom is 0.123 e. The molecule has 0 spiro atoms. The first-order valence-corrected chi connectivity index (χ1v) is 6.21. The Morgan fingerprint density at radius 1 is 0.765 bits per heavy atom. The molecule has 1 heterocycles. The minimum atomic E-state index is 0.688. The third-order valence-corrected chi connectivity index (χ3v) is 2.86. The van der Waals surface area contributed by atoms with Crippen LogP contribution < -0.4 is 4.74 Å². The second-order valence-corrected chi connectivity index (χ2v) is 3.84. The summed E-state index contributed by atoms with van der Waals surface area (Å²) in [5, 5.41) is 0. The van der Waals surface area contributed by atoms with Crippen molar-refractivity contribution in [2.24, 2.45) is 0 Å². The summed E-state index contributed by atoms with van der Waals surface area (Å²) < 4.78 is 5.77. The van der Waals surface area contributed by atoms with Crippen molar-refractivity contribution in [2.75, 3.05) is 0 Å². The van der Waals surface area contributed by atoms with Crippen molar-refractivity contribution >= 4 is 0 Å². The number of ether oxygens (including phenoxy) is 1. The van der Waals surface area contributed by atoms with E-state index in [1.54, 1.807) is 0 Å². The van der Waals surface area contributed by atoms with Crippen LogP contribution in [-0.4, -0.2) is 0 Å². The molecule has 0 unspecified atom stereocenters. The van der Waals surface area contributed by atoms with E-state index in [1.807, 2.05) is 26.0 Å². The van der Waals surface area contributed by atoms with Gasteiger partial charge in [0.25, 0.3) is 0 Å². The maximum atomic E-state index is 5.77. The molecule has 0 bridgehead atoms. The van der Waals surface area contributed by atoms with Crippen LogP contribution in [0.4, 0.5) is 0 Å². The first-order chi connectivity index (χ1) is 8.43. The topological polar surface area (TPSA) is 9.23 Å². The molecular weight excluding hydrogens is 208 g/mol. The Kier molecular flexibility index (Phi) is 3.81. The van der Waals surface area contributed by atoms with E-state index in [-0.39, 0.29) is 0 Å². The summed E-state index contributed by atoms with van der Waals surface area (Å²) in [4.78, 5) is 0. The van der Waals surface area contributed by atoms with Crippen LogP contribution in [0.1, 0.15) is 30.5 Å². The van der Waals surface area contributed by atoms with Crippen LogP contribution in [0.3, 0.4) is 0 Å². The van der Waals surface area contributed by atoms with E-state index in [2.05, 4.69) is 36.4 Å². The van der Waals surface area contributed by atoms with Gasteiger partial charge in [0.1, 0.15) is 12.4 Å². The minimum Gasteiger partial charge on any atom is -0.489 e. The second-order valence-electron chi connectivity index (χ2n) is 3.84. The smallest absolute Gasteiger partial charge is 0.123 e. The van der Waals surface area contributed by atoms with Crippen LogP contribution in [0.2, 0.25) is 0 Å². The highest BCUT2D eigenvalue weighted by Crippen LogP contribution is 2.27. The van der Waals surface area contributed by atoms with Gasteiger partial charge in [-0.15, -0.1) is 0 Å². The van der Waals surface area contributed by atoms with E-state index in [1.165, 1.54) is 16.7 Å². The highest BCUT2D eigenvalue weighted by atomic mass is 16.5. The molecule has 0 saturated carbocycles. The molecule has 1 aliphatic heterocycles. The van der Waals surface area contributed by atoms with Gasteiger partial charge in [0.2, 0.25) is 0 Å². The largest absolute Gasteiger partial charge is 0.489 e. The molecular formula is C16H18O. The van der Waals surface area contributed by atoms with Crippen molar-refractivity contribution in [3.63, 3.8) is 0 Å². The van der Waals surface area contributed by atoms with Crippen molar-refractivity contribution in [2.45, 2.75) is 26.9 Å². The number of hydrogen-bond donors (Lipinski definition) is 0. The average molecular weight is 226 g/mol. The second kappa shape index (κ2) is 5.53. The Labute approximate surface area is 103 Å². The lowest BCUT2D eigenvalue weighted by atomic mass is 10.0. The number of hydrogen-bond acceptors (Lipinski definition) is 1. The zero-order valence-corrected chi connectivity index (χ0v) is 10.4. The van der Waals surface area contributed by atoms with Gasteiger partial charge in [0, 0.05) is 6.42 Å². The standard InChI is InChI=1S/C14H12O.C2H6/c1-2-7-13-10-15-14-8-4-3-6-12(14)9-11(13)5-1;1-2/h1-8H,9-10H2;1-2H3. The highest BCUT2D eigenvalue weighted by molar-refractivity contribution is 5.42. The Morgan fingerprint density at radius 3 is 2.12 bits per heavy atom. The van der Waals surface area contributed by atoms with Crippen molar-refractivity contribution in [1.29, 1.82) is 0 Å². The quantitative estimate of drug-likeness (QED) is 0.654. The third-order valence-electron chi connectivity index (χ3n) is 2.86. The summed E-state index contributed by atoms with van der Waals surface area (Å²) in [6.45, 7) is 4.69. The number of para-hydroxylation sites is 1. The molecule has 0 aliphatic carbocycles. The van der Waals surface area contributed by atoms with Gasteiger partial charge < -0.3 is 4.74 Å². The van der Waals surface area contributed by atoms with E-state index in [4.69, 9.17) is 4.74 Å². The van der Waals surface area contributed by atoms with E-state index in [9.17, 15) is 0 Å². The zero-order chi connectivity index (χ0) is 12.1. The molecule has 0 radical (unpaired) electrons. The molecule has 0 fully saturated rings. The molecule has 17 heavy (non-hydrogen) atoms. The van der Waals surface area contributed by atoms with Gasteiger partial charge in [-0.25, -0.2) is 0 Å². The van der Waals surface area contributed by atoms with Crippen LogP contribution in [0, 0.1) is 0 Å². The van der Waals surface area contributed by atoms with Gasteiger partial charge in [-0.1, -0.05) is 56.3 Å². The first kappa shape index (κ1) is 11.7. The van der Waals surface area contributed by atoms with E-state index >= 15 is 0 Å². The molecule has 0 N–H and O–H groups in total. The molecule has 0 aromatic heterocycles. The Balaban J connectivity index is 0.000000514. The normalized spacial score (nSPS) is 12.1. The van der Waals surface area contributed by atoms with Gasteiger partial charge >= 0.3 is 0 Å². The highest BCUT2D eigenvalue weighted by Gasteiger charge is 2.12. The molecule has 0 amide bonds. The molecule has 88 valence electrons. The number of rotatable bonds is 0. The summed E-state index contributed by atoms with van der Waals surface area (Å²) >= 11 is 0. The maximum absolute atomic E-state index is 5.77. The van der Waals surface area contributed by atoms with Gasteiger partial charge in [-0.3, -0.25) is 0 Å². The number of fused-ring (bicyclic) bond motifs is 2. The Bertz CT molecular complexity index is 443. The average Bonchev–Trinajstić information content (AvgIpc) is 2.60. The fraction of sp³-hybridized carbons (Fsp3) is 0.250. The summed E-state index contributed by atoms with van der Waals surface area (Å²) in [7, 11) is 0.